The summed E-state index contributed by atoms with van der Waals surface area (Å²) in [6.07, 6.45) is 8.02. The Morgan fingerprint density at radius 3 is 2.65 bits per heavy atom. The van der Waals surface area contributed by atoms with Gasteiger partial charge >= 0.3 is 0 Å². The number of nitrogens with one attached hydrogen (secondary N) is 1. The molecule has 2 saturated heterocycles. The van der Waals surface area contributed by atoms with E-state index in [0.717, 1.165) is 38.3 Å². The maximum absolute atomic E-state index is 12.9. The molecule has 23 heavy (non-hydrogen) atoms. The molecule has 0 unspecified atom stereocenters. The predicted molar refractivity (Wildman–Crippen MR) is 94.0 cm³/mol. The quantitative estimate of drug-likeness (QED) is 0.924. The highest BCUT2D eigenvalue weighted by atomic mass is 19.1. The van der Waals surface area contributed by atoms with E-state index >= 15 is 0 Å². The van der Waals surface area contributed by atoms with Crippen molar-refractivity contribution in [3.8, 4) is 0 Å². The van der Waals surface area contributed by atoms with E-state index in [4.69, 9.17) is 0 Å². The van der Waals surface area contributed by atoms with Gasteiger partial charge in [0, 0.05) is 18.6 Å². The summed E-state index contributed by atoms with van der Waals surface area (Å²) in [7, 11) is 2.29. The van der Waals surface area contributed by atoms with Crippen LogP contribution in [0.25, 0.3) is 6.08 Å². The largest absolute Gasteiger partial charge is 0.317 e. The van der Waals surface area contributed by atoms with Crippen molar-refractivity contribution in [3.63, 3.8) is 0 Å². The van der Waals surface area contributed by atoms with E-state index in [0.29, 0.717) is 5.54 Å². The zero-order valence-corrected chi connectivity index (χ0v) is 14.1. The minimum absolute atomic E-state index is 0.175. The second-order valence-electron chi connectivity index (χ2n) is 6.94. The maximum atomic E-state index is 12.9. The zero-order valence-electron chi connectivity index (χ0n) is 14.1. The number of halogens is 1. The molecule has 1 N–H and O–H groups in total. The fraction of sp³-hybridized carbons (Fsp3) is 0.579. The van der Waals surface area contributed by atoms with E-state index in [1.807, 2.05) is 12.1 Å². The van der Waals surface area contributed by atoms with Crippen molar-refractivity contribution in [3.05, 3.63) is 41.7 Å². The third-order valence-electron chi connectivity index (χ3n) is 5.37. The average Bonchev–Trinajstić information content (AvgIpc) is 2.70. The molecule has 2 heterocycles. The van der Waals surface area contributed by atoms with Crippen molar-refractivity contribution in [1.29, 1.82) is 0 Å². The van der Waals surface area contributed by atoms with Crippen LogP contribution >= 0.6 is 0 Å². The van der Waals surface area contributed by atoms with Crippen molar-refractivity contribution in [2.75, 3.05) is 46.3 Å². The summed E-state index contributed by atoms with van der Waals surface area (Å²) in [6.45, 7) is 6.73. The molecule has 2 aliphatic heterocycles. The van der Waals surface area contributed by atoms with Gasteiger partial charge in [-0.2, -0.15) is 0 Å². The Labute approximate surface area is 139 Å². The molecule has 1 aromatic rings. The number of hydrogen-bond donors (Lipinski definition) is 1. The molecule has 2 aliphatic rings. The van der Waals surface area contributed by atoms with Crippen LogP contribution < -0.4 is 5.32 Å². The monoisotopic (exact) mass is 317 g/mol. The first-order valence-corrected chi connectivity index (χ1v) is 8.74. The molecular weight excluding hydrogens is 289 g/mol. The molecule has 1 aromatic carbocycles. The van der Waals surface area contributed by atoms with Crippen LogP contribution in [0.4, 0.5) is 4.39 Å². The van der Waals surface area contributed by atoms with Gasteiger partial charge in [0.2, 0.25) is 0 Å². The Hall–Kier alpha value is -1.23. The van der Waals surface area contributed by atoms with E-state index in [2.05, 4.69) is 34.3 Å². The van der Waals surface area contributed by atoms with Crippen molar-refractivity contribution in [2.24, 2.45) is 0 Å². The molecule has 4 heteroatoms. The molecule has 0 aliphatic carbocycles. The summed E-state index contributed by atoms with van der Waals surface area (Å²) in [6, 6.07) is 6.70. The summed E-state index contributed by atoms with van der Waals surface area (Å²) < 4.78 is 12.9. The second kappa shape index (κ2) is 7.56. The predicted octanol–water partition coefficient (Wildman–Crippen LogP) is 2.60. The van der Waals surface area contributed by atoms with Crippen molar-refractivity contribution >= 4 is 6.08 Å². The van der Waals surface area contributed by atoms with E-state index in [9.17, 15) is 4.39 Å². The van der Waals surface area contributed by atoms with Gasteiger partial charge in [-0.05, 0) is 70.2 Å². The number of benzene rings is 1. The van der Waals surface area contributed by atoms with Crippen LogP contribution in [0, 0.1) is 5.82 Å². The number of hydrogen-bond acceptors (Lipinski definition) is 3. The van der Waals surface area contributed by atoms with Crippen LogP contribution in [0.5, 0.6) is 0 Å². The Balaban J connectivity index is 1.61. The van der Waals surface area contributed by atoms with Gasteiger partial charge in [0.15, 0.2) is 0 Å². The zero-order chi connectivity index (χ0) is 16.1. The Bertz CT molecular complexity index is 520. The van der Waals surface area contributed by atoms with Gasteiger partial charge in [-0.25, -0.2) is 4.39 Å². The molecule has 0 radical (unpaired) electrons. The number of piperidine rings is 1. The molecule has 3 rings (SSSR count). The molecule has 0 bridgehead atoms. The number of rotatable bonds is 3. The first-order chi connectivity index (χ1) is 11.2. The highest BCUT2D eigenvalue weighted by Gasteiger charge is 2.38. The topological polar surface area (TPSA) is 18.5 Å². The van der Waals surface area contributed by atoms with Crippen LogP contribution in [0.15, 0.2) is 30.3 Å². The van der Waals surface area contributed by atoms with Crippen LogP contribution in [0.2, 0.25) is 0 Å². The summed E-state index contributed by atoms with van der Waals surface area (Å²) in [5.41, 5.74) is 1.40. The molecule has 2 fully saturated rings. The fourth-order valence-corrected chi connectivity index (χ4v) is 3.88. The van der Waals surface area contributed by atoms with E-state index in [1.54, 1.807) is 0 Å². The van der Waals surface area contributed by atoms with Crippen molar-refractivity contribution in [2.45, 2.75) is 24.8 Å². The van der Waals surface area contributed by atoms with Crippen LogP contribution in [0.1, 0.15) is 24.8 Å². The van der Waals surface area contributed by atoms with Gasteiger partial charge in [-0.15, -0.1) is 0 Å². The average molecular weight is 317 g/mol. The minimum atomic E-state index is -0.175. The van der Waals surface area contributed by atoms with Gasteiger partial charge in [0.05, 0.1) is 0 Å². The summed E-state index contributed by atoms with van der Waals surface area (Å²) in [5, 5.41) is 3.49. The SMILES string of the molecule is CN1CCCN(CC=Cc2ccc(F)cc2)CC12CCNCC2. The Morgan fingerprint density at radius 1 is 1.17 bits per heavy atom. The summed E-state index contributed by atoms with van der Waals surface area (Å²) >= 11 is 0. The van der Waals surface area contributed by atoms with Crippen molar-refractivity contribution in [1.82, 2.24) is 15.1 Å². The molecule has 0 saturated carbocycles. The summed E-state index contributed by atoms with van der Waals surface area (Å²) in [4.78, 5) is 5.17. The van der Waals surface area contributed by atoms with Gasteiger partial charge in [0.1, 0.15) is 5.82 Å². The van der Waals surface area contributed by atoms with Crippen LogP contribution in [-0.4, -0.2) is 61.7 Å². The van der Waals surface area contributed by atoms with Gasteiger partial charge in [0.25, 0.3) is 0 Å². The molecule has 126 valence electrons. The highest BCUT2D eigenvalue weighted by Crippen LogP contribution is 2.28. The molecule has 0 amide bonds. The first kappa shape index (κ1) is 16.6. The molecule has 1 spiro atoms. The van der Waals surface area contributed by atoms with Crippen molar-refractivity contribution < 1.29 is 4.39 Å². The van der Waals surface area contributed by atoms with E-state index in [-0.39, 0.29) is 5.82 Å². The molecule has 0 atom stereocenters. The van der Waals surface area contributed by atoms with Crippen LogP contribution in [0.3, 0.4) is 0 Å². The molecule has 0 aromatic heterocycles. The maximum Gasteiger partial charge on any atom is 0.123 e. The standard InChI is InChI=1S/C19H28FN3/c1-22-13-3-15-23(16-19(22)9-11-21-12-10-19)14-2-4-17-5-7-18(20)8-6-17/h2,4-8,21H,3,9-16H2,1H3. The van der Waals surface area contributed by atoms with Gasteiger partial charge < -0.3 is 5.32 Å². The fourth-order valence-electron chi connectivity index (χ4n) is 3.88. The number of likely N-dealkylation sites (N-methyl/N-ethyl adjacent to an activating group) is 1. The normalized spacial score (nSPS) is 23.4. The lowest BCUT2D eigenvalue weighted by Crippen LogP contribution is -2.57. The minimum Gasteiger partial charge on any atom is -0.317 e. The lowest BCUT2D eigenvalue weighted by molar-refractivity contribution is 0.0688. The lowest BCUT2D eigenvalue weighted by Gasteiger charge is -2.45. The second-order valence-corrected chi connectivity index (χ2v) is 6.94. The highest BCUT2D eigenvalue weighted by molar-refractivity contribution is 5.48. The van der Waals surface area contributed by atoms with Gasteiger partial charge in [-0.1, -0.05) is 24.3 Å². The summed E-state index contributed by atoms with van der Waals surface area (Å²) in [5.74, 6) is -0.175. The van der Waals surface area contributed by atoms with Crippen LogP contribution in [-0.2, 0) is 0 Å². The lowest BCUT2D eigenvalue weighted by atomic mass is 9.86. The van der Waals surface area contributed by atoms with E-state index < -0.39 is 0 Å². The first-order valence-electron chi connectivity index (χ1n) is 8.74. The Morgan fingerprint density at radius 2 is 1.91 bits per heavy atom. The third-order valence-corrected chi connectivity index (χ3v) is 5.37. The third kappa shape index (κ3) is 4.19. The Kier molecular flexibility index (Phi) is 5.46. The molecule has 3 nitrogen and oxygen atoms in total. The molecular formula is C19H28FN3. The van der Waals surface area contributed by atoms with Gasteiger partial charge in [-0.3, -0.25) is 9.80 Å². The number of nitrogens with zero attached hydrogens (tertiary/aromatic N) is 2. The van der Waals surface area contributed by atoms with E-state index in [1.165, 1.54) is 37.9 Å². The smallest absolute Gasteiger partial charge is 0.123 e.